The second-order valence-corrected chi connectivity index (χ2v) is 12.8. The van der Waals surface area contributed by atoms with Gasteiger partial charge in [0, 0.05) is 19.3 Å². The molecule has 0 aromatic carbocycles. The topological polar surface area (TPSA) is 89.9 Å². The van der Waals surface area contributed by atoms with Gasteiger partial charge < -0.3 is 14.6 Å². The van der Waals surface area contributed by atoms with Gasteiger partial charge in [-0.25, -0.2) is 0 Å². The standard InChI is InChI=1S/C38H68O6/c1-4-5-22-28-35(40)29-24-19-15-11-9-13-16-20-25-30-37(41)43-33-36(32-39)44-38(42)31-26-21-17-12-8-6-7-10-14-18-23-27-34(2)3/h15,19,24,29,34,36,39H,4-14,16-18,20-23,25-28,30-33H2,1-3H3/b19-15-,29-24+/t36-/m0/s1. The van der Waals surface area contributed by atoms with Gasteiger partial charge in [-0.2, -0.15) is 0 Å². The number of hydrogen-bond acceptors (Lipinski definition) is 6. The number of ether oxygens (including phenoxy) is 2. The maximum atomic E-state index is 12.1. The lowest BCUT2D eigenvalue weighted by Gasteiger charge is -2.15. The van der Waals surface area contributed by atoms with Crippen LogP contribution in [0.1, 0.15) is 175 Å². The Hall–Kier alpha value is -1.95. The molecule has 0 bridgehead atoms. The van der Waals surface area contributed by atoms with Crippen molar-refractivity contribution in [2.75, 3.05) is 13.2 Å². The molecule has 0 aliphatic rings. The molecule has 0 fully saturated rings. The summed E-state index contributed by atoms with van der Waals surface area (Å²) in [5.74, 6) is 0.376. The molecular weight excluding hydrogens is 552 g/mol. The first kappa shape index (κ1) is 42.0. The Bertz CT molecular complexity index is 742. The number of unbranched alkanes of at least 4 members (excludes halogenated alkanes) is 17. The van der Waals surface area contributed by atoms with Crippen LogP contribution in [0.25, 0.3) is 0 Å². The van der Waals surface area contributed by atoms with Crippen molar-refractivity contribution >= 4 is 17.7 Å². The fraction of sp³-hybridized carbons (Fsp3) is 0.816. The van der Waals surface area contributed by atoms with Gasteiger partial charge in [-0.15, -0.1) is 0 Å². The van der Waals surface area contributed by atoms with Crippen molar-refractivity contribution < 1.29 is 29.0 Å². The Balaban J connectivity index is 3.64. The van der Waals surface area contributed by atoms with Crippen molar-refractivity contribution in [1.82, 2.24) is 0 Å². The first-order valence-electron chi connectivity index (χ1n) is 18.2. The van der Waals surface area contributed by atoms with Crippen molar-refractivity contribution in [3.05, 3.63) is 24.3 Å². The highest BCUT2D eigenvalue weighted by Gasteiger charge is 2.16. The molecule has 256 valence electrons. The number of aliphatic hydroxyl groups excluding tert-OH is 1. The first-order chi connectivity index (χ1) is 21.4. The minimum absolute atomic E-state index is 0.0933. The van der Waals surface area contributed by atoms with Crippen LogP contribution in [0.15, 0.2) is 24.3 Å². The number of esters is 2. The summed E-state index contributed by atoms with van der Waals surface area (Å²) in [5.41, 5.74) is 0. The van der Waals surface area contributed by atoms with E-state index in [9.17, 15) is 19.5 Å². The highest BCUT2D eigenvalue weighted by atomic mass is 16.6. The molecular formula is C38H68O6. The normalized spacial score (nSPS) is 12.4. The molecule has 0 saturated carbocycles. The van der Waals surface area contributed by atoms with E-state index in [0.29, 0.717) is 19.3 Å². The van der Waals surface area contributed by atoms with Gasteiger partial charge in [-0.05, 0) is 44.1 Å². The van der Waals surface area contributed by atoms with Gasteiger partial charge >= 0.3 is 11.9 Å². The van der Waals surface area contributed by atoms with E-state index < -0.39 is 6.10 Å². The smallest absolute Gasteiger partial charge is 0.306 e. The van der Waals surface area contributed by atoms with Crippen LogP contribution in [-0.2, 0) is 23.9 Å². The average Bonchev–Trinajstić information content (AvgIpc) is 3.00. The monoisotopic (exact) mass is 621 g/mol. The second kappa shape index (κ2) is 32.4. The van der Waals surface area contributed by atoms with Crippen LogP contribution in [0.2, 0.25) is 0 Å². The lowest BCUT2D eigenvalue weighted by molar-refractivity contribution is -0.161. The van der Waals surface area contributed by atoms with Crippen molar-refractivity contribution in [2.24, 2.45) is 5.92 Å². The highest BCUT2D eigenvalue weighted by Crippen LogP contribution is 2.15. The third kappa shape index (κ3) is 31.5. The summed E-state index contributed by atoms with van der Waals surface area (Å²) in [6.07, 6.45) is 32.1. The molecule has 1 atom stereocenters. The summed E-state index contributed by atoms with van der Waals surface area (Å²) in [6.45, 7) is 6.28. The zero-order valence-corrected chi connectivity index (χ0v) is 28.8. The Kier molecular flexibility index (Phi) is 31.0. The maximum Gasteiger partial charge on any atom is 0.306 e. The van der Waals surface area contributed by atoms with Crippen molar-refractivity contribution in [3.63, 3.8) is 0 Å². The summed E-state index contributed by atoms with van der Waals surface area (Å²) >= 11 is 0. The summed E-state index contributed by atoms with van der Waals surface area (Å²) < 4.78 is 10.5. The quantitative estimate of drug-likeness (QED) is 0.0348. The largest absolute Gasteiger partial charge is 0.462 e. The minimum Gasteiger partial charge on any atom is -0.462 e. The lowest BCUT2D eigenvalue weighted by Crippen LogP contribution is -2.28. The van der Waals surface area contributed by atoms with E-state index in [1.54, 1.807) is 6.08 Å². The molecule has 0 aromatic rings. The van der Waals surface area contributed by atoms with Crippen molar-refractivity contribution in [3.8, 4) is 0 Å². The fourth-order valence-electron chi connectivity index (χ4n) is 5.07. The number of ketones is 1. The SMILES string of the molecule is CCCCCC(=O)/C=C/C=C\CCCCCCCC(=O)OC[C@H](CO)OC(=O)CCCCCCCCCCCCCC(C)C. The predicted octanol–water partition coefficient (Wildman–Crippen LogP) is 10.2. The molecule has 0 radical (unpaired) electrons. The summed E-state index contributed by atoms with van der Waals surface area (Å²) in [5, 5.41) is 9.52. The Morgan fingerprint density at radius 3 is 1.73 bits per heavy atom. The maximum absolute atomic E-state index is 12.1. The third-order valence-electron chi connectivity index (χ3n) is 7.90. The van der Waals surface area contributed by atoms with Crippen LogP contribution in [-0.4, -0.2) is 42.1 Å². The van der Waals surface area contributed by atoms with E-state index in [1.165, 1.54) is 57.8 Å². The van der Waals surface area contributed by atoms with Gasteiger partial charge in [0.2, 0.25) is 0 Å². The van der Waals surface area contributed by atoms with Gasteiger partial charge in [0.15, 0.2) is 11.9 Å². The molecule has 0 heterocycles. The van der Waals surface area contributed by atoms with E-state index in [1.807, 2.05) is 12.2 Å². The number of allylic oxidation sites excluding steroid dienone is 4. The molecule has 0 aromatic heterocycles. The average molecular weight is 621 g/mol. The zero-order valence-electron chi connectivity index (χ0n) is 28.8. The van der Waals surface area contributed by atoms with Gasteiger partial charge in [0.1, 0.15) is 6.61 Å². The van der Waals surface area contributed by atoms with E-state index >= 15 is 0 Å². The molecule has 0 amide bonds. The number of hydrogen-bond donors (Lipinski definition) is 1. The number of aliphatic hydroxyl groups is 1. The Morgan fingerprint density at radius 1 is 0.636 bits per heavy atom. The second-order valence-electron chi connectivity index (χ2n) is 12.8. The molecule has 6 heteroatoms. The van der Waals surface area contributed by atoms with E-state index in [0.717, 1.165) is 83.0 Å². The van der Waals surface area contributed by atoms with E-state index in [2.05, 4.69) is 26.8 Å². The third-order valence-corrected chi connectivity index (χ3v) is 7.90. The summed E-state index contributed by atoms with van der Waals surface area (Å²) in [7, 11) is 0. The molecule has 0 saturated heterocycles. The molecule has 44 heavy (non-hydrogen) atoms. The van der Waals surface area contributed by atoms with Crippen LogP contribution in [0, 0.1) is 5.92 Å². The van der Waals surface area contributed by atoms with Crippen molar-refractivity contribution in [2.45, 2.75) is 181 Å². The van der Waals surface area contributed by atoms with Crippen LogP contribution in [0.3, 0.4) is 0 Å². The van der Waals surface area contributed by atoms with E-state index in [-0.39, 0.29) is 30.9 Å². The molecule has 0 aliphatic heterocycles. The Morgan fingerprint density at radius 2 is 1.16 bits per heavy atom. The minimum atomic E-state index is -0.793. The molecule has 1 N–H and O–H groups in total. The highest BCUT2D eigenvalue weighted by molar-refractivity contribution is 5.89. The van der Waals surface area contributed by atoms with Crippen LogP contribution >= 0.6 is 0 Å². The molecule has 0 rings (SSSR count). The molecule has 0 spiro atoms. The molecule has 0 unspecified atom stereocenters. The van der Waals surface area contributed by atoms with Crippen LogP contribution < -0.4 is 0 Å². The summed E-state index contributed by atoms with van der Waals surface area (Å²) in [4.78, 5) is 35.8. The van der Waals surface area contributed by atoms with Crippen LogP contribution in [0.5, 0.6) is 0 Å². The van der Waals surface area contributed by atoms with Gasteiger partial charge in [0.05, 0.1) is 6.61 Å². The van der Waals surface area contributed by atoms with Crippen LogP contribution in [0.4, 0.5) is 0 Å². The van der Waals surface area contributed by atoms with Gasteiger partial charge in [-0.3, -0.25) is 14.4 Å². The number of carbonyl (C=O) groups excluding carboxylic acids is 3. The fourth-order valence-corrected chi connectivity index (χ4v) is 5.07. The van der Waals surface area contributed by atoms with E-state index in [4.69, 9.17) is 9.47 Å². The van der Waals surface area contributed by atoms with Gasteiger partial charge in [0.25, 0.3) is 0 Å². The first-order valence-corrected chi connectivity index (χ1v) is 18.2. The Labute approximate surface area is 270 Å². The predicted molar refractivity (Wildman–Crippen MR) is 183 cm³/mol. The number of carbonyl (C=O) groups is 3. The zero-order chi connectivity index (χ0) is 32.5. The number of rotatable bonds is 32. The van der Waals surface area contributed by atoms with Gasteiger partial charge in [-0.1, -0.05) is 142 Å². The molecule has 6 nitrogen and oxygen atoms in total. The summed E-state index contributed by atoms with van der Waals surface area (Å²) in [6, 6.07) is 0. The molecule has 0 aliphatic carbocycles. The lowest BCUT2D eigenvalue weighted by atomic mass is 10.0. The van der Waals surface area contributed by atoms with Crippen molar-refractivity contribution in [1.29, 1.82) is 0 Å².